The van der Waals surface area contributed by atoms with Gasteiger partial charge in [0.25, 0.3) is 5.79 Å². The van der Waals surface area contributed by atoms with Crippen LogP contribution in [0, 0.1) is 0 Å². The Hall–Kier alpha value is -1.84. The molecule has 14 heavy (non-hydrogen) atoms. The van der Waals surface area contributed by atoms with Gasteiger partial charge in [0.2, 0.25) is 0 Å². The second kappa shape index (κ2) is 2.83. The molecule has 1 aliphatic heterocycles. The first kappa shape index (κ1) is 8.74. The van der Waals surface area contributed by atoms with Gasteiger partial charge in [0.05, 0.1) is 0 Å². The first-order valence-corrected chi connectivity index (χ1v) is 4.14. The summed E-state index contributed by atoms with van der Waals surface area (Å²) in [4.78, 5) is 21.7. The summed E-state index contributed by atoms with van der Waals surface area (Å²) in [5, 5.41) is 0. The summed E-state index contributed by atoms with van der Waals surface area (Å²) in [6, 6.07) is 8.84. The number of hydrogen-bond donors (Lipinski definition) is 0. The van der Waals surface area contributed by atoms with Crippen molar-refractivity contribution in [2.45, 2.75) is 12.7 Å². The van der Waals surface area contributed by atoms with E-state index in [-0.39, 0.29) is 0 Å². The van der Waals surface area contributed by atoms with Crippen molar-refractivity contribution in [1.82, 2.24) is 0 Å². The molecule has 2 rings (SSSR count). The predicted octanol–water partition coefficient (Wildman–Crippen LogP) is 0.959. The molecular weight excluding hydrogens is 184 g/mol. The van der Waals surface area contributed by atoms with Crippen molar-refractivity contribution in [3.63, 3.8) is 0 Å². The van der Waals surface area contributed by atoms with E-state index in [2.05, 4.69) is 0 Å². The van der Waals surface area contributed by atoms with E-state index in [4.69, 9.17) is 9.47 Å². The number of esters is 2. The molecular formula is C10H8O4. The van der Waals surface area contributed by atoms with E-state index in [1.165, 1.54) is 6.92 Å². The predicted molar refractivity (Wildman–Crippen MR) is 46.0 cm³/mol. The number of ether oxygens (including phenoxy) is 2. The molecule has 1 aromatic rings. The fourth-order valence-electron chi connectivity index (χ4n) is 1.32. The molecule has 1 saturated heterocycles. The third-order valence-electron chi connectivity index (χ3n) is 2.04. The summed E-state index contributed by atoms with van der Waals surface area (Å²) in [6.07, 6.45) is 0. The van der Waals surface area contributed by atoms with E-state index in [0.29, 0.717) is 5.56 Å². The van der Waals surface area contributed by atoms with Crippen molar-refractivity contribution in [1.29, 1.82) is 0 Å². The van der Waals surface area contributed by atoms with Crippen molar-refractivity contribution in [3.05, 3.63) is 35.9 Å². The Morgan fingerprint density at radius 2 is 1.50 bits per heavy atom. The minimum Gasteiger partial charge on any atom is -0.410 e. The number of rotatable bonds is 1. The zero-order valence-electron chi connectivity index (χ0n) is 7.52. The van der Waals surface area contributed by atoms with Crippen molar-refractivity contribution in [3.8, 4) is 0 Å². The zero-order chi connectivity index (χ0) is 10.2. The van der Waals surface area contributed by atoms with Gasteiger partial charge < -0.3 is 9.47 Å². The second-order valence-corrected chi connectivity index (χ2v) is 3.09. The monoisotopic (exact) mass is 192 g/mol. The first-order chi connectivity index (χ1) is 6.62. The molecule has 0 aliphatic carbocycles. The number of benzene rings is 1. The Morgan fingerprint density at radius 3 is 2.00 bits per heavy atom. The van der Waals surface area contributed by atoms with E-state index in [0.717, 1.165) is 0 Å². The van der Waals surface area contributed by atoms with Crippen LogP contribution in [0.4, 0.5) is 0 Å². The Morgan fingerprint density at radius 1 is 1.00 bits per heavy atom. The van der Waals surface area contributed by atoms with Crippen molar-refractivity contribution >= 4 is 11.9 Å². The van der Waals surface area contributed by atoms with E-state index < -0.39 is 17.7 Å². The molecule has 72 valence electrons. The lowest BCUT2D eigenvalue weighted by Gasteiger charge is -2.20. The minimum absolute atomic E-state index is 0.638. The zero-order valence-corrected chi connectivity index (χ0v) is 7.52. The summed E-state index contributed by atoms with van der Waals surface area (Å²) in [6.45, 7) is 1.53. The Labute approximate surface area is 80.4 Å². The summed E-state index contributed by atoms with van der Waals surface area (Å²) in [7, 11) is 0. The average molecular weight is 192 g/mol. The maximum Gasteiger partial charge on any atom is 0.421 e. The van der Waals surface area contributed by atoms with Crippen LogP contribution in [0.15, 0.2) is 30.3 Å². The maximum absolute atomic E-state index is 10.9. The third kappa shape index (κ3) is 1.25. The molecule has 0 radical (unpaired) electrons. The van der Waals surface area contributed by atoms with E-state index in [1.54, 1.807) is 24.3 Å². The van der Waals surface area contributed by atoms with Crippen LogP contribution in [0.2, 0.25) is 0 Å². The highest BCUT2D eigenvalue weighted by Crippen LogP contribution is 2.31. The van der Waals surface area contributed by atoms with Crippen molar-refractivity contribution < 1.29 is 19.1 Å². The lowest BCUT2D eigenvalue weighted by molar-refractivity contribution is -0.175. The highest BCUT2D eigenvalue weighted by molar-refractivity contribution is 6.31. The van der Waals surface area contributed by atoms with Crippen molar-refractivity contribution in [2.75, 3.05) is 0 Å². The molecule has 0 saturated carbocycles. The van der Waals surface area contributed by atoms with E-state index in [9.17, 15) is 9.59 Å². The van der Waals surface area contributed by atoms with Crippen LogP contribution in [0.5, 0.6) is 0 Å². The topological polar surface area (TPSA) is 52.6 Å². The molecule has 0 atom stereocenters. The molecule has 1 heterocycles. The molecule has 4 heteroatoms. The van der Waals surface area contributed by atoms with Gasteiger partial charge in [-0.25, -0.2) is 9.59 Å². The molecule has 0 bridgehead atoms. The smallest absolute Gasteiger partial charge is 0.410 e. The van der Waals surface area contributed by atoms with Crippen LogP contribution >= 0.6 is 0 Å². The molecule has 0 N–H and O–H groups in total. The second-order valence-electron chi connectivity index (χ2n) is 3.09. The normalized spacial score (nSPS) is 18.9. The van der Waals surface area contributed by atoms with Crippen LogP contribution in [0.3, 0.4) is 0 Å². The molecule has 0 unspecified atom stereocenters. The SMILES string of the molecule is CC1(c2ccccc2)OC(=O)C(=O)O1. The minimum atomic E-state index is -1.27. The lowest BCUT2D eigenvalue weighted by atomic mass is 10.1. The number of carbonyl (C=O) groups is 2. The fourth-order valence-corrected chi connectivity index (χ4v) is 1.32. The van der Waals surface area contributed by atoms with Gasteiger partial charge in [-0.15, -0.1) is 0 Å². The molecule has 1 aromatic carbocycles. The summed E-state index contributed by atoms with van der Waals surface area (Å²) >= 11 is 0. The van der Waals surface area contributed by atoms with Crippen LogP contribution in [0.1, 0.15) is 12.5 Å². The average Bonchev–Trinajstić information content (AvgIpc) is 2.44. The van der Waals surface area contributed by atoms with Crippen molar-refractivity contribution in [2.24, 2.45) is 0 Å². The van der Waals surface area contributed by atoms with Gasteiger partial charge in [-0.3, -0.25) is 0 Å². The lowest BCUT2D eigenvalue weighted by Crippen LogP contribution is -2.22. The van der Waals surface area contributed by atoms with Crippen LogP contribution in [0.25, 0.3) is 0 Å². The highest BCUT2D eigenvalue weighted by atomic mass is 16.8. The van der Waals surface area contributed by atoms with Crippen LogP contribution in [-0.2, 0) is 24.8 Å². The molecule has 0 amide bonds. The molecule has 0 aromatic heterocycles. The molecule has 0 spiro atoms. The largest absolute Gasteiger partial charge is 0.421 e. The Bertz CT molecular complexity index is 366. The maximum atomic E-state index is 10.9. The highest BCUT2D eigenvalue weighted by Gasteiger charge is 2.45. The summed E-state index contributed by atoms with van der Waals surface area (Å²) in [5.74, 6) is -3.16. The summed E-state index contributed by atoms with van der Waals surface area (Å²) < 4.78 is 9.67. The van der Waals surface area contributed by atoms with Gasteiger partial charge in [0.1, 0.15) is 0 Å². The third-order valence-corrected chi connectivity index (χ3v) is 2.04. The van der Waals surface area contributed by atoms with Gasteiger partial charge in [-0.05, 0) is 0 Å². The van der Waals surface area contributed by atoms with Gasteiger partial charge in [-0.2, -0.15) is 0 Å². The Kier molecular flexibility index (Phi) is 1.77. The summed E-state index contributed by atoms with van der Waals surface area (Å²) in [5.41, 5.74) is 0.638. The Balaban J connectivity index is 2.36. The van der Waals surface area contributed by atoms with Gasteiger partial charge >= 0.3 is 11.9 Å². The quantitative estimate of drug-likeness (QED) is 0.491. The van der Waals surface area contributed by atoms with Gasteiger partial charge in [0, 0.05) is 12.5 Å². The van der Waals surface area contributed by atoms with Crippen LogP contribution in [-0.4, -0.2) is 11.9 Å². The van der Waals surface area contributed by atoms with E-state index in [1.807, 2.05) is 6.07 Å². The van der Waals surface area contributed by atoms with E-state index >= 15 is 0 Å². The molecule has 1 aliphatic rings. The molecule has 4 nitrogen and oxygen atoms in total. The van der Waals surface area contributed by atoms with Crippen LogP contribution < -0.4 is 0 Å². The number of hydrogen-bond acceptors (Lipinski definition) is 4. The fraction of sp³-hybridized carbons (Fsp3) is 0.200. The van der Waals surface area contributed by atoms with Gasteiger partial charge in [-0.1, -0.05) is 30.3 Å². The standard InChI is InChI=1S/C10H8O4/c1-10(7-5-3-2-4-6-7)13-8(11)9(12)14-10/h2-6H,1H3. The first-order valence-electron chi connectivity index (χ1n) is 4.14. The number of carbonyl (C=O) groups excluding carboxylic acids is 2. The number of cyclic esters (lactones) is 2. The molecule has 1 fully saturated rings. The van der Waals surface area contributed by atoms with Gasteiger partial charge in [0.15, 0.2) is 0 Å².